The van der Waals surface area contributed by atoms with E-state index in [0.29, 0.717) is 0 Å². The average molecular weight is 187 g/mol. The number of aliphatic hydroxyl groups excluding tert-OH is 1. The minimum Gasteiger partial charge on any atom is -0.391 e. The van der Waals surface area contributed by atoms with Gasteiger partial charge in [0, 0.05) is 5.75 Å². The van der Waals surface area contributed by atoms with Crippen LogP contribution < -0.4 is 0 Å². The van der Waals surface area contributed by atoms with Gasteiger partial charge in [0.1, 0.15) is 0 Å². The van der Waals surface area contributed by atoms with Crippen LogP contribution in [0.3, 0.4) is 0 Å². The van der Waals surface area contributed by atoms with Crippen LogP contribution in [0.2, 0.25) is 0 Å². The molecular weight excluding hydrogens is 176 g/mol. The molecule has 0 fully saturated rings. The number of halogens is 1. The summed E-state index contributed by atoms with van der Waals surface area (Å²) >= 11 is 5.37. The normalized spacial score (nSPS) is 18.4. The highest BCUT2D eigenvalue weighted by Crippen LogP contribution is 2.11. The monoisotopic (exact) mass is 186 g/mol. The molecule has 0 unspecified atom stereocenters. The smallest absolute Gasteiger partial charge is 0.169 e. The summed E-state index contributed by atoms with van der Waals surface area (Å²) in [5.41, 5.74) is 0. The van der Waals surface area contributed by atoms with Crippen LogP contribution in [0.4, 0.5) is 0 Å². The van der Waals surface area contributed by atoms with E-state index in [0.717, 1.165) is 0 Å². The Balaban J connectivity index is 4.35. The lowest BCUT2D eigenvalue weighted by molar-refractivity contribution is 0.208. The maximum Gasteiger partial charge on any atom is 0.169 e. The van der Waals surface area contributed by atoms with E-state index in [-0.39, 0.29) is 5.75 Å². The summed E-state index contributed by atoms with van der Waals surface area (Å²) in [7, 11) is -3.28. The van der Waals surface area contributed by atoms with Gasteiger partial charge >= 0.3 is 0 Å². The van der Waals surface area contributed by atoms with Crippen LogP contribution in [0, 0.1) is 0 Å². The van der Waals surface area contributed by atoms with E-state index in [9.17, 15) is 8.42 Å². The Bertz CT molecular complexity index is 185. The summed E-state index contributed by atoms with van der Waals surface area (Å²) in [4.78, 5) is 0. The van der Waals surface area contributed by atoms with Crippen molar-refractivity contribution in [1.82, 2.24) is 0 Å². The number of hydrogen-bond acceptors (Lipinski definition) is 3. The molecule has 0 spiro atoms. The van der Waals surface area contributed by atoms with Crippen LogP contribution in [-0.4, -0.2) is 30.1 Å². The third kappa shape index (κ3) is 2.44. The molecule has 3 nitrogen and oxygen atoms in total. The fraction of sp³-hybridized carbons (Fsp3) is 1.00. The first kappa shape index (κ1) is 10.2. The molecule has 0 amide bonds. The number of hydrogen-bond donors (Lipinski definition) is 1. The van der Waals surface area contributed by atoms with Crippen molar-refractivity contribution >= 4 is 21.4 Å². The molecule has 0 saturated carbocycles. The molecule has 0 aromatic carbocycles. The van der Waals surface area contributed by atoms with Gasteiger partial charge in [-0.2, -0.15) is 0 Å². The zero-order valence-electron chi connectivity index (χ0n) is 5.91. The molecule has 0 aliphatic carbocycles. The maximum absolute atomic E-state index is 10.8. The lowest BCUT2D eigenvalue weighted by atomic mass is 10.5. The van der Waals surface area contributed by atoms with Crippen LogP contribution in [0.25, 0.3) is 0 Å². The van der Waals surface area contributed by atoms with Gasteiger partial charge in [0.15, 0.2) is 14.5 Å². The number of sulfone groups is 1. The van der Waals surface area contributed by atoms with Crippen LogP contribution in [0.15, 0.2) is 0 Å². The van der Waals surface area contributed by atoms with Gasteiger partial charge in [0.2, 0.25) is 0 Å². The molecule has 10 heavy (non-hydrogen) atoms. The maximum atomic E-state index is 10.8. The van der Waals surface area contributed by atoms with Gasteiger partial charge in [0.05, 0.1) is 6.10 Å². The van der Waals surface area contributed by atoms with E-state index in [1.807, 2.05) is 0 Å². The van der Waals surface area contributed by atoms with Gasteiger partial charge in [-0.25, -0.2) is 8.42 Å². The molecule has 0 aliphatic rings. The molecule has 0 aromatic rings. The third-order valence-corrected chi connectivity index (χ3v) is 4.19. The van der Waals surface area contributed by atoms with Crippen molar-refractivity contribution in [1.29, 1.82) is 0 Å². The van der Waals surface area contributed by atoms with E-state index < -0.39 is 20.7 Å². The van der Waals surface area contributed by atoms with Crippen LogP contribution in [0.1, 0.15) is 13.8 Å². The fourth-order valence-electron chi connectivity index (χ4n) is 0.459. The molecule has 0 aliphatic heterocycles. The molecule has 0 heterocycles. The second-order valence-electron chi connectivity index (χ2n) is 2.04. The summed E-state index contributed by atoms with van der Waals surface area (Å²) in [5, 5.41) is 8.78. The predicted molar refractivity (Wildman–Crippen MR) is 40.8 cm³/mol. The first-order valence-corrected chi connectivity index (χ1v) is 5.10. The fourth-order valence-corrected chi connectivity index (χ4v) is 1.76. The second-order valence-corrected chi connectivity index (χ2v) is 5.18. The Kier molecular flexibility index (Phi) is 3.62. The molecule has 0 radical (unpaired) electrons. The van der Waals surface area contributed by atoms with E-state index >= 15 is 0 Å². The summed E-state index contributed by atoms with van der Waals surface area (Å²) < 4.78 is 20.5. The van der Waals surface area contributed by atoms with Crippen LogP contribution in [-0.2, 0) is 9.84 Å². The van der Waals surface area contributed by atoms with Gasteiger partial charge in [-0.05, 0) is 6.92 Å². The standard InChI is InChI=1S/C5H11ClO3S/c1-3-10(8,9)5(6)4(2)7/h4-5,7H,3H2,1-2H3/t4-,5-/m0/s1. The Morgan fingerprint density at radius 3 is 2.10 bits per heavy atom. The van der Waals surface area contributed by atoms with Crippen molar-refractivity contribution in [3.05, 3.63) is 0 Å². The largest absolute Gasteiger partial charge is 0.391 e. The quantitative estimate of drug-likeness (QED) is 0.648. The van der Waals surface area contributed by atoms with Crippen LogP contribution >= 0.6 is 11.6 Å². The van der Waals surface area contributed by atoms with Crippen molar-refractivity contribution in [2.24, 2.45) is 0 Å². The van der Waals surface area contributed by atoms with Crippen molar-refractivity contribution in [2.75, 3.05) is 5.75 Å². The minimum atomic E-state index is -3.28. The zero-order valence-corrected chi connectivity index (χ0v) is 7.48. The van der Waals surface area contributed by atoms with E-state index in [1.54, 1.807) is 0 Å². The van der Waals surface area contributed by atoms with E-state index in [2.05, 4.69) is 0 Å². The van der Waals surface area contributed by atoms with Gasteiger partial charge in [0.25, 0.3) is 0 Å². The Hall–Kier alpha value is 0.200. The first-order chi connectivity index (χ1) is 4.41. The summed E-state index contributed by atoms with van der Waals surface area (Å²) in [6.45, 7) is 2.85. The van der Waals surface area contributed by atoms with Crippen molar-refractivity contribution in [3.63, 3.8) is 0 Å². The predicted octanol–water partition coefficient (Wildman–Crippen LogP) is 0.367. The Morgan fingerprint density at radius 1 is 1.60 bits per heavy atom. The van der Waals surface area contributed by atoms with Crippen molar-refractivity contribution < 1.29 is 13.5 Å². The summed E-state index contributed by atoms with van der Waals surface area (Å²) in [6, 6.07) is 0. The highest BCUT2D eigenvalue weighted by atomic mass is 35.5. The molecule has 0 saturated heterocycles. The summed E-state index contributed by atoms with van der Waals surface area (Å²) in [5.74, 6) is -0.0356. The van der Waals surface area contributed by atoms with Gasteiger partial charge in [-0.15, -0.1) is 11.6 Å². The highest BCUT2D eigenvalue weighted by Gasteiger charge is 2.25. The number of aliphatic hydroxyl groups is 1. The highest BCUT2D eigenvalue weighted by molar-refractivity contribution is 7.93. The third-order valence-electron chi connectivity index (χ3n) is 1.12. The SMILES string of the molecule is CCS(=O)(=O)[C@H](Cl)[C@H](C)O. The number of rotatable bonds is 3. The zero-order chi connectivity index (χ0) is 8.36. The Morgan fingerprint density at radius 2 is 2.00 bits per heavy atom. The lowest BCUT2D eigenvalue weighted by Gasteiger charge is -2.10. The number of alkyl halides is 1. The van der Waals surface area contributed by atoms with Gasteiger partial charge < -0.3 is 5.11 Å². The van der Waals surface area contributed by atoms with Gasteiger partial charge in [-0.1, -0.05) is 6.92 Å². The molecule has 0 bridgehead atoms. The molecule has 5 heteroatoms. The molecule has 1 N–H and O–H groups in total. The van der Waals surface area contributed by atoms with Crippen molar-refractivity contribution in [2.45, 2.75) is 24.7 Å². The molecular formula is C5H11ClO3S. The second kappa shape index (κ2) is 3.55. The summed E-state index contributed by atoms with van der Waals surface area (Å²) in [6.07, 6.45) is -1.01. The molecule has 2 atom stereocenters. The van der Waals surface area contributed by atoms with E-state index in [4.69, 9.17) is 16.7 Å². The van der Waals surface area contributed by atoms with Crippen LogP contribution in [0.5, 0.6) is 0 Å². The molecule has 0 rings (SSSR count). The Labute approximate surface area is 65.9 Å². The van der Waals surface area contributed by atoms with Gasteiger partial charge in [-0.3, -0.25) is 0 Å². The average Bonchev–Trinajstić information content (AvgIpc) is 1.86. The minimum absolute atomic E-state index is 0.0356. The van der Waals surface area contributed by atoms with Crippen molar-refractivity contribution in [3.8, 4) is 0 Å². The lowest BCUT2D eigenvalue weighted by Crippen LogP contribution is -2.27. The molecule has 62 valence electrons. The topological polar surface area (TPSA) is 54.4 Å². The van der Waals surface area contributed by atoms with E-state index in [1.165, 1.54) is 13.8 Å². The molecule has 0 aromatic heterocycles. The first-order valence-electron chi connectivity index (χ1n) is 2.95.